The molecule has 0 fully saturated rings. The first-order chi connectivity index (χ1) is 11.4. The van der Waals surface area contributed by atoms with Crippen LogP contribution in [0, 0.1) is 0 Å². The average Bonchev–Trinajstić information content (AvgIpc) is 2.53. The summed E-state index contributed by atoms with van der Waals surface area (Å²) in [5.41, 5.74) is 4.26. The van der Waals surface area contributed by atoms with Crippen molar-refractivity contribution in [3.8, 4) is 5.75 Å². The van der Waals surface area contributed by atoms with Gasteiger partial charge in [-0.1, -0.05) is 24.6 Å². The van der Waals surface area contributed by atoms with Crippen LogP contribution in [-0.4, -0.2) is 34.0 Å². The Morgan fingerprint density at radius 1 is 1.38 bits per heavy atom. The number of hydrogen-bond acceptors (Lipinski definition) is 5. The van der Waals surface area contributed by atoms with Crippen LogP contribution in [0.25, 0.3) is 0 Å². The van der Waals surface area contributed by atoms with Crippen molar-refractivity contribution < 1.29 is 24.9 Å². The predicted octanol–water partition coefficient (Wildman–Crippen LogP) is 3.27. The Morgan fingerprint density at radius 3 is 2.67 bits per heavy atom. The third-order valence-electron chi connectivity index (χ3n) is 3.42. The summed E-state index contributed by atoms with van der Waals surface area (Å²) in [7, 11) is 0. The number of carbonyl (C=O) groups excluding carboxylic acids is 1. The number of benzene rings is 1. The molecular formula is C18H23ClO5. The van der Waals surface area contributed by atoms with Gasteiger partial charge in [-0.05, 0) is 42.7 Å². The van der Waals surface area contributed by atoms with Crippen molar-refractivity contribution in [1.82, 2.24) is 0 Å². The Morgan fingerprint density at radius 2 is 2.08 bits per heavy atom. The van der Waals surface area contributed by atoms with Crippen molar-refractivity contribution in [1.29, 1.82) is 0 Å². The van der Waals surface area contributed by atoms with Gasteiger partial charge in [-0.2, -0.15) is 0 Å². The fourth-order valence-electron chi connectivity index (χ4n) is 2.09. The van der Waals surface area contributed by atoms with Crippen molar-refractivity contribution in [2.45, 2.75) is 45.3 Å². The van der Waals surface area contributed by atoms with Gasteiger partial charge in [0.05, 0.1) is 17.7 Å². The second kappa shape index (κ2) is 10.2. The minimum atomic E-state index is -1.21. The molecule has 0 unspecified atom stereocenters. The van der Waals surface area contributed by atoms with Gasteiger partial charge in [0.25, 0.3) is 0 Å². The highest BCUT2D eigenvalue weighted by Gasteiger charge is 2.17. The van der Waals surface area contributed by atoms with Crippen molar-refractivity contribution in [2.24, 2.45) is 0 Å². The summed E-state index contributed by atoms with van der Waals surface area (Å²) >= 11 is 5.98. The number of phenols is 1. The molecule has 1 aromatic carbocycles. The molecule has 0 saturated carbocycles. The van der Waals surface area contributed by atoms with Crippen LogP contribution in [0.1, 0.15) is 44.8 Å². The molecule has 0 aliphatic carbocycles. The highest BCUT2D eigenvalue weighted by atomic mass is 35.5. The third-order valence-corrected chi connectivity index (χ3v) is 3.74. The van der Waals surface area contributed by atoms with Gasteiger partial charge >= 0.3 is 5.97 Å². The summed E-state index contributed by atoms with van der Waals surface area (Å²) in [5, 5.41) is 29.5. The molecule has 3 N–H and O–H groups in total. The lowest BCUT2D eigenvalue weighted by Gasteiger charge is -2.11. The Kier molecular flexibility index (Phi) is 8.58. The van der Waals surface area contributed by atoms with Crippen molar-refractivity contribution >= 4 is 17.6 Å². The number of hydrogen-bond donors (Lipinski definition) is 3. The van der Waals surface area contributed by atoms with E-state index in [0.29, 0.717) is 12.0 Å². The van der Waals surface area contributed by atoms with Crippen LogP contribution in [0.4, 0.5) is 0 Å². The summed E-state index contributed by atoms with van der Waals surface area (Å²) in [6.45, 7) is 3.79. The van der Waals surface area contributed by atoms with Gasteiger partial charge in [-0.15, -0.1) is 5.73 Å². The van der Waals surface area contributed by atoms with E-state index < -0.39 is 18.2 Å². The van der Waals surface area contributed by atoms with Crippen molar-refractivity contribution in [3.63, 3.8) is 0 Å². The van der Waals surface area contributed by atoms with Crippen LogP contribution in [0.3, 0.4) is 0 Å². The Hall–Kier alpha value is -1.78. The number of carbonyl (C=O) groups is 1. The zero-order chi connectivity index (χ0) is 18.1. The minimum Gasteiger partial charge on any atom is -0.508 e. The Bertz CT molecular complexity index is 620. The second-order valence-electron chi connectivity index (χ2n) is 5.23. The molecule has 0 heterocycles. The van der Waals surface area contributed by atoms with Crippen molar-refractivity contribution in [2.75, 3.05) is 6.61 Å². The predicted molar refractivity (Wildman–Crippen MR) is 91.8 cm³/mol. The topological polar surface area (TPSA) is 87.0 Å². The molecule has 2 atom stereocenters. The average molecular weight is 355 g/mol. The number of halogens is 1. The van der Waals surface area contributed by atoms with Gasteiger partial charge < -0.3 is 20.1 Å². The normalized spacial score (nSPS) is 12.9. The molecule has 0 saturated heterocycles. The van der Waals surface area contributed by atoms with Crippen LogP contribution < -0.4 is 0 Å². The van der Waals surface area contributed by atoms with Gasteiger partial charge in [-0.25, -0.2) is 4.79 Å². The first-order valence-corrected chi connectivity index (χ1v) is 8.20. The molecule has 1 aromatic rings. The fraction of sp³-hybridized carbons (Fsp3) is 0.444. The number of ether oxygens (including phenoxy) is 1. The number of aromatic hydroxyl groups is 1. The Balaban J connectivity index is 2.72. The van der Waals surface area contributed by atoms with E-state index in [9.17, 15) is 20.1 Å². The van der Waals surface area contributed by atoms with E-state index >= 15 is 0 Å². The smallest absolute Gasteiger partial charge is 0.335 e. The van der Waals surface area contributed by atoms with Gasteiger partial charge in [-0.3, -0.25) is 0 Å². The lowest BCUT2D eigenvalue weighted by Crippen LogP contribution is -2.23. The summed E-state index contributed by atoms with van der Waals surface area (Å²) in [6, 6.07) is 4.38. The minimum absolute atomic E-state index is 0.0348. The largest absolute Gasteiger partial charge is 0.508 e. The molecular weight excluding hydrogens is 332 g/mol. The van der Waals surface area contributed by atoms with E-state index in [1.807, 2.05) is 6.92 Å². The SMILES string of the molecule is CCOC(=O)[C@H](O)CC(=C=CC[C@@H](O)c1ccc(O)cc1Cl)CC. The van der Waals surface area contributed by atoms with E-state index in [1.165, 1.54) is 12.1 Å². The number of rotatable bonds is 8. The number of aliphatic hydroxyl groups excluding tert-OH is 2. The Labute approximate surface area is 146 Å². The quantitative estimate of drug-likeness (QED) is 0.492. The van der Waals surface area contributed by atoms with Crippen LogP contribution in [0.5, 0.6) is 5.75 Å². The molecule has 0 aromatic heterocycles. The van der Waals surface area contributed by atoms with Crippen molar-refractivity contribution in [3.05, 3.63) is 46.2 Å². The van der Waals surface area contributed by atoms with E-state index in [4.69, 9.17) is 16.3 Å². The molecule has 0 aliphatic rings. The standard InChI is InChI=1S/C18H23ClO5/c1-3-12(10-17(22)18(23)24-4-2)6-5-7-16(21)14-9-8-13(20)11-15(14)19/h5,8-9,11,16-17,20-22H,3-4,7,10H2,1-2H3/t6?,16-,17-/m1/s1. The summed E-state index contributed by atoms with van der Waals surface area (Å²) < 4.78 is 4.76. The molecule has 0 amide bonds. The monoisotopic (exact) mass is 354 g/mol. The maximum Gasteiger partial charge on any atom is 0.335 e. The first-order valence-electron chi connectivity index (χ1n) is 7.83. The van der Waals surface area contributed by atoms with Gasteiger partial charge in [0.2, 0.25) is 0 Å². The van der Waals surface area contributed by atoms with E-state index in [0.717, 1.165) is 5.57 Å². The van der Waals surface area contributed by atoms with Gasteiger partial charge in [0.15, 0.2) is 6.10 Å². The second-order valence-corrected chi connectivity index (χ2v) is 5.64. The third kappa shape index (κ3) is 6.38. The number of esters is 1. The summed E-state index contributed by atoms with van der Waals surface area (Å²) in [6.07, 6.45) is 0.620. The molecule has 24 heavy (non-hydrogen) atoms. The zero-order valence-electron chi connectivity index (χ0n) is 13.8. The van der Waals surface area contributed by atoms with E-state index in [-0.39, 0.29) is 30.2 Å². The van der Waals surface area contributed by atoms with E-state index in [2.05, 4.69) is 5.73 Å². The zero-order valence-corrected chi connectivity index (χ0v) is 14.6. The summed E-state index contributed by atoms with van der Waals surface area (Å²) in [4.78, 5) is 11.4. The van der Waals surface area contributed by atoms with Gasteiger partial charge in [0.1, 0.15) is 5.75 Å². The fourth-order valence-corrected chi connectivity index (χ4v) is 2.39. The highest BCUT2D eigenvalue weighted by molar-refractivity contribution is 6.31. The molecule has 0 radical (unpaired) electrons. The molecule has 6 heteroatoms. The number of aliphatic hydroxyl groups is 2. The molecule has 0 spiro atoms. The summed E-state index contributed by atoms with van der Waals surface area (Å²) in [5.74, 6) is -0.617. The van der Waals surface area contributed by atoms with Crippen LogP contribution >= 0.6 is 11.6 Å². The maximum absolute atomic E-state index is 11.4. The van der Waals surface area contributed by atoms with Crippen LogP contribution in [0.15, 0.2) is 35.6 Å². The first kappa shape index (κ1) is 20.3. The lowest BCUT2D eigenvalue weighted by atomic mass is 10.0. The highest BCUT2D eigenvalue weighted by Crippen LogP contribution is 2.28. The number of phenolic OH excluding ortho intramolecular Hbond substituents is 1. The molecule has 0 aliphatic heterocycles. The van der Waals surface area contributed by atoms with Crippen LogP contribution in [-0.2, 0) is 9.53 Å². The van der Waals surface area contributed by atoms with E-state index in [1.54, 1.807) is 19.1 Å². The molecule has 132 valence electrons. The molecule has 1 rings (SSSR count). The molecule has 5 nitrogen and oxygen atoms in total. The molecule has 0 bridgehead atoms. The maximum atomic E-state index is 11.4. The van der Waals surface area contributed by atoms with Gasteiger partial charge in [0, 0.05) is 12.8 Å². The van der Waals surface area contributed by atoms with Crippen LogP contribution in [0.2, 0.25) is 5.02 Å². The lowest BCUT2D eigenvalue weighted by molar-refractivity contribution is -0.152.